The van der Waals surface area contributed by atoms with Gasteiger partial charge < -0.3 is 4.74 Å². The van der Waals surface area contributed by atoms with Gasteiger partial charge in [0.05, 0.1) is 6.10 Å². The highest BCUT2D eigenvalue weighted by Crippen LogP contribution is 2.25. The fourth-order valence-electron chi connectivity index (χ4n) is 1.30. The van der Waals surface area contributed by atoms with Crippen LogP contribution >= 0.6 is 22.6 Å². The number of methoxy groups -OCH3 is 1. The van der Waals surface area contributed by atoms with Crippen molar-refractivity contribution < 1.29 is 4.74 Å². The van der Waals surface area contributed by atoms with E-state index in [9.17, 15) is 0 Å². The minimum Gasteiger partial charge on any atom is -0.381 e. The molecule has 1 rings (SSSR count). The van der Waals surface area contributed by atoms with Gasteiger partial charge >= 0.3 is 0 Å². The molecule has 0 spiro atoms. The monoisotopic (exact) mass is 240 g/mol. The molecule has 0 unspecified atom stereocenters. The van der Waals surface area contributed by atoms with E-state index in [4.69, 9.17) is 4.74 Å². The molecule has 0 aromatic heterocycles. The molecule has 2 atom stereocenters. The second kappa shape index (κ2) is 3.76. The zero-order valence-electron chi connectivity index (χ0n) is 5.77. The number of ether oxygens (including phenoxy) is 1. The van der Waals surface area contributed by atoms with Gasteiger partial charge in [-0.05, 0) is 25.7 Å². The van der Waals surface area contributed by atoms with E-state index in [1.54, 1.807) is 0 Å². The largest absolute Gasteiger partial charge is 0.381 e. The molecule has 0 heterocycles. The van der Waals surface area contributed by atoms with Crippen LogP contribution in [0.4, 0.5) is 0 Å². The molecule has 1 nitrogen and oxygen atoms in total. The van der Waals surface area contributed by atoms with Crippen LogP contribution in [0.3, 0.4) is 0 Å². The molecule has 0 amide bonds. The molecule has 0 aromatic rings. The maximum Gasteiger partial charge on any atom is 0.0581 e. The average molecular weight is 240 g/mol. The van der Waals surface area contributed by atoms with Crippen LogP contribution in [-0.2, 0) is 4.74 Å². The lowest BCUT2D eigenvalue weighted by Crippen LogP contribution is -2.21. The Balaban J connectivity index is 2.23. The molecule has 1 aliphatic rings. The van der Waals surface area contributed by atoms with Gasteiger partial charge in [0, 0.05) is 11.0 Å². The Hall–Kier alpha value is 0.690. The van der Waals surface area contributed by atoms with Crippen LogP contribution in [0.2, 0.25) is 0 Å². The van der Waals surface area contributed by atoms with E-state index in [2.05, 4.69) is 22.6 Å². The standard InChI is InChI=1S/C7H13IO/c1-9-7-4-2-3-6(8)5-7/h6-7H,2-5H2,1H3/t6-,7+/m1/s1. The first-order valence-corrected chi connectivity index (χ1v) is 4.74. The highest BCUT2D eigenvalue weighted by molar-refractivity contribution is 14.1. The third-order valence-electron chi connectivity index (χ3n) is 1.90. The van der Waals surface area contributed by atoms with Crippen molar-refractivity contribution in [3.05, 3.63) is 0 Å². The zero-order chi connectivity index (χ0) is 6.69. The van der Waals surface area contributed by atoms with Gasteiger partial charge in [-0.25, -0.2) is 0 Å². The molecule has 54 valence electrons. The molecule has 0 saturated heterocycles. The summed E-state index contributed by atoms with van der Waals surface area (Å²) in [5, 5.41) is 0. The Morgan fingerprint density at radius 1 is 1.44 bits per heavy atom. The van der Waals surface area contributed by atoms with E-state index in [1.165, 1.54) is 25.7 Å². The van der Waals surface area contributed by atoms with Crippen LogP contribution in [0.15, 0.2) is 0 Å². The van der Waals surface area contributed by atoms with E-state index in [0.717, 1.165) is 3.92 Å². The lowest BCUT2D eigenvalue weighted by atomic mass is 9.98. The van der Waals surface area contributed by atoms with Gasteiger partial charge in [-0.3, -0.25) is 0 Å². The van der Waals surface area contributed by atoms with Crippen molar-refractivity contribution >= 4 is 22.6 Å². The number of rotatable bonds is 1. The Morgan fingerprint density at radius 3 is 2.67 bits per heavy atom. The molecule has 9 heavy (non-hydrogen) atoms. The molecule has 1 fully saturated rings. The molecule has 0 N–H and O–H groups in total. The van der Waals surface area contributed by atoms with E-state index >= 15 is 0 Å². The Kier molecular flexibility index (Phi) is 3.26. The van der Waals surface area contributed by atoms with Crippen molar-refractivity contribution in [2.45, 2.75) is 35.7 Å². The van der Waals surface area contributed by atoms with Gasteiger partial charge in [-0.15, -0.1) is 0 Å². The normalized spacial score (nSPS) is 36.7. The molecule has 1 saturated carbocycles. The van der Waals surface area contributed by atoms with Crippen LogP contribution < -0.4 is 0 Å². The fraction of sp³-hybridized carbons (Fsp3) is 1.00. The summed E-state index contributed by atoms with van der Waals surface area (Å²) in [7, 11) is 1.82. The molecule has 1 aliphatic carbocycles. The molecule has 0 radical (unpaired) electrons. The summed E-state index contributed by atoms with van der Waals surface area (Å²) < 4.78 is 6.12. The van der Waals surface area contributed by atoms with Crippen molar-refractivity contribution in [1.29, 1.82) is 0 Å². The number of hydrogen-bond acceptors (Lipinski definition) is 1. The van der Waals surface area contributed by atoms with Gasteiger partial charge in [0.1, 0.15) is 0 Å². The van der Waals surface area contributed by atoms with E-state index in [1.807, 2.05) is 7.11 Å². The SMILES string of the molecule is CO[C@H]1CCC[C@@H](I)C1. The van der Waals surface area contributed by atoms with Crippen LogP contribution in [0, 0.1) is 0 Å². The number of alkyl halides is 1. The Morgan fingerprint density at radius 2 is 2.22 bits per heavy atom. The summed E-state index contributed by atoms with van der Waals surface area (Å²) in [5.41, 5.74) is 0. The van der Waals surface area contributed by atoms with Gasteiger partial charge in [-0.2, -0.15) is 0 Å². The van der Waals surface area contributed by atoms with Crippen molar-refractivity contribution in [3.63, 3.8) is 0 Å². The summed E-state index contributed by atoms with van der Waals surface area (Å²) in [6, 6.07) is 0. The topological polar surface area (TPSA) is 9.23 Å². The van der Waals surface area contributed by atoms with Crippen LogP contribution in [-0.4, -0.2) is 17.1 Å². The number of halogens is 1. The van der Waals surface area contributed by atoms with Crippen LogP contribution in [0.1, 0.15) is 25.7 Å². The third-order valence-corrected chi connectivity index (χ3v) is 3.03. The van der Waals surface area contributed by atoms with E-state index in [0.29, 0.717) is 6.10 Å². The summed E-state index contributed by atoms with van der Waals surface area (Å²) in [6.45, 7) is 0. The second-order valence-electron chi connectivity index (χ2n) is 2.62. The van der Waals surface area contributed by atoms with Crippen LogP contribution in [0.25, 0.3) is 0 Å². The maximum absolute atomic E-state index is 5.26. The van der Waals surface area contributed by atoms with Crippen molar-refractivity contribution in [2.75, 3.05) is 7.11 Å². The summed E-state index contributed by atoms with van der Waals surface area (Å²) in [5.74, 6) is 0. The average Bonchev–Trinajstić information content (AvgIpc) is 1.88. The highest BCUT2D eigenvalue weighted by Gasteiger charge is 2.18. The van der Waals surface area contributed by atoms with E-state index < -0.39 is 0 Å². The quantitative estimate of drug-likeness (QED) is 0.505. The number of hydrogen-bond donors (Lipinski definition) is 0. The maximum atomic E-state index is 5.26. The molecule has 2 heteroatoms. The Labute approximate surface area is 70.3 Å². The molecule has 0 bridgehead atoms. The Bertz CT molecular complexity index is 85.0. The predicted molar refractivity (Wildman–Crippen MR) is 47.1 cm³/mol. The zero-order valence-corrected chi connectivity index (χ0v) is 7.93. The molecular formula is C7H13IO. The minimum absolute atomic E-state index is 0.556. The molecule has 0 aromatic carbocycles. The fourth-order valence-corrected chi connectivity index (χ4v) is 2.31. The first-order chi connectivity index (χ1) is 4.33. The van der Waals surface area contributed by atoms with E-state index in [-0.39, 0.29) is 0 Å². The molecular weight excluding hydrogens is 227 g/mol. The first-order valence-electron chi connectivity index (χ1n) is 3.50. The summed E-state index contributed by atoms with van der Waals surface area (Å²) in [6.07, 6.45) is 5.83. The second-order valence-corrected chi connectivity index (χ2v) is 4.38. The lowest BCUT2D eigenvalue weighted by molar-refractivity contribution is 0.0745. The molecule has 0 aliphatic heterocycles. The third kappa shape index (κ3) is 2.42. The minimum atomic E-state index is 0.556. The van der Waals surface area contributed by atoms with Gasteiger partial charge in [0.25, 0.3) is 0 Å². The van der Waals surface area contributed by atoms with Crippen molar-refractivity contribution in [2.24, 2.45) is 0 Å². The van der Waals surface area contributed by atoms with Gasteiger partial charge in [0.15, 0.2) is 0 Å². The summed E-state index contributed by atoms with van der Waals surface area (Å²) in [4.78, 5) is 0. The summed E-state index contributed by atoms with van der Waals surface area (Å²) >= 11 is 2.52. The van der Waals surface area contributed by atoms with Gasteiger partial charge in [0.2, 0.25) is 0 Å². The van der Waals surface area contributed by atoms with Crippen molar-refractivity contribution in [3.8, 4) is 0 Å². The first kappa shape index (κ1) is 7.79. The smallest absolute Gasteiger partial charge is 0.0581 e. The van der Waals surface area contributed by atoms with Crippen molar-refractivity contribution in [1.82, 2.24) is 0 Å². The van der Waals surface area contributed by atoms with Gasteiger partial charge in [-0.1, -0.05) is 22.6 Å². The van der Waals surface area contributed by atoms with Crippen LogP contribution in [0.5, 0.6) is 0 Å². The predicted octanol–water partition coefficient (Wildman–Crippen LogP) is 2.38. The highest BCUT2D eigenvalue weighted by atomic mass is 127. The lowest BCUT2D eigenvalue weighted by Gasteiger charge is -2.23.